The fraction of sp³-hybridized carbons (Fsp3) is 0. The molecular weight excluding hydrogens is 178 g/mol. The minimum Gasteiger partial charge on any atom is -0.499 e. The van der Waals surface area contributed by atoms with Crippen molar-refractivity contribution in [3.05, 3.63) is 28.3 Å². The van der Waals surface area contributed by atoms with Crippen LogP contribution in [-0.4, -0.2) is 16.5 Å². The van der Waals surface area contributed by atoms with Crippen LogP contribution in [0.1, 0.15) is 0 Å². The van der Waals surface area contributed by atoms with Gasteiger partial charge >= 0.3 is 5.69 Å². The molecule has 13 heavy (non-hydrogen) atoms. The number of nitrogens with zero attached hydrogens (tertiary/aromatic N) is 1. The van der Waals surface area contributed by atoms with Gasteiger partial charge in [-0.1, -0.05) is 6.07 Å². The molecule has 0 saturated carbocycles. The monoisotopic (exact) mass is 183 g/mol. The summed E-state index contributed by atoms with van der Waals surface area (Å²) in [5, 5.41) is 19.4. The van der Waals surface area contributed by atoms with Crippen molar-refractivity contribution in [1.29, 1.82) is 0 Å². The summed E-state index contributed by atoms with van der Waals surface area (Å²) in [6.45, 7) is 0.0821. The first-order chi connectivity index (χ1) is 6.16. The normalized spacial score (nSPS) is 9.23. The first-order valence-corrected chi connectivity index (χ1v) is 3.23. The Kier molecular flexibility index (Phi) is 2.44. The van der Waals surface area contributed by atoms with Crippen LogP contribution >= 0.6 is 0 Å². The number of nitro groups is 1. The highest BCUT2D eigenvalue weighted by Gasteiger charge is 2.16. The van der Waals surface area contributed by atoms with Crippen molar-refractivity contribution in [2.24, 2.45) is 0 Å². The Bertz CT molecular complexity index is 349. The largest absolute Gasteiger partial charge is 0.499 e. The summed E-state index contributed by atoms with van der Waals surface area (Å²) in [5.41, 5.74) is -0.501. The molecule has 0 aromatic heterocycles. The van der Waals surface area contributed by atoms with Gasteiger partial charge in [0.1, 0.15) is 0 Å². The zero-order chi connectivity index (χ0) is 9.84. The summed E-state index contributed by atoms with van der Waals surface area (Å²) >= 11 is 0. The quantitative estimate of drug-likeness (QED) is 0.426. The van der Waals surface area contributed by atoms with Gasteiger partial charge < -0.3 is 9.84 Å². The summed E-state index contributed by atoms with van der Waals surface area (Å²) in [6, 6.07) is 3.65. The molecule has 0 spiro atoms. The van der Waals surface area contributed by atoms with Gasteiger partial charge in [0.15, 0.2) is 5.75 Å². The van der Waals surface area contributed by atoms with Gasteiger partial charge in [-0.2, -0.15) is 0 Å². The van der Waals surface area contributed by atoms with Crippen LogP contribution in [0.4, 0.5) is 5.69 Å². The first kappa shape index (κ1) is 8.98. The van der Waals surface area contributed by atoms with E-state index < -0.39 is 16.4 Å². The second-order valence-electron chi connectivity index (χ2n) is 2.10. The van der Waals surface area contributed by atoms with E-state index >= 15 is 0 Å². The second-order valence-corrected chi connectivity index (χ2v) is 2.10. The average Bonchev–Trinajstić information content (AvgIpc) is 2.08. The Balaban J connectivity index is 3.17. The third kappa shape index (κ3) is 1.73. The predicted octanol–water partition coefficient (Wildman–Crippen LogP) is 0.836. The zero-order valence-corrected chi connectivity index (χ0v) is 6.34. The molecule has 0 aliphatic heterocycles. The van der Waals surface area contributed by atoms with Gasteiger partial charge in [-0.05, 0) is 6.07 Å². The zero-order valence-electron chi connectivity index (χ0n) is 6.34. The molecule has 6 nitrogen and oxygen atoms in total. The van der Waals surface area contributed by atoms with Crippen LogP contribution in [0.2, 0.25) is 0 Å². The minimum atomic E-state index is -0.771. The third-order valence-electron chi connectivity index (χ3n) is 1.35. The summed E-state index contributed by atoms with van der Waals surface area (Å²) < 4.78 is 4.29. The molecule has 0 atom stereocenters. The molecule has 1 aromatic carbocycles. The van der Waals surface area contributed by atoms with E-state index in [2.05, 4.69) is 4.74 Å². The summed E-state index contributed by atoms with van der Waals surface area (Å²) in [6.07, 6.45) is 0. The molecule has 0 saturated heterocycles. The summed E-state index contributed by atoms with van der Waals surface area (Å²) in [5.74, 6) is -0.885. The maximum absolute atomic E-state index is 10.3. The molecule has 0 amide bonds. The van der Waals surface area contributed by atoms with Gasteiger partial charge in [0.05, 0.1) is 4.92 Å². The lowest BCUT2D eigenvalue weighted by Crippen LogP contribution is -1.93. The molecule has 0 unspecified atom stereocenters. The molecule has 0 radical (unpaired) electrons. The van der Waals surface area contributed by atoms with Crippen LogP contribution in [-0.2, 0) is 4.79 Å². The molecular formula is C7H5NO5. The van der Waals surface area contributed by atoms with E-state index in [4.69, 9.17) is 5.11 Å². The van der Waals surface area contributed by atoms with Crippen molar-refractivity contribution in [2.45, 2.75) is 0 Å². The predicted molar refractivity (Wildman–Crippen MR) is 41.5 cm³/mol. The van der Waals surface area contributed by atoms with Crippen LogP contribution in [0, 0.1) is 10.1 Å². The molecule has 1 N–H and O–H groups in total. The third-order valence-corrected chi connectivity index (χ3v) is 1.35. The van der Waals surface area contributed by atoms with Gasteiger partial charge in [0.2, 0.25) is 5.75 Å². The topological polar surface area (TPSA) is 89.7 Å². The average molecular weight is 183 g/mol. The van der Waals surface area contributed by atoms with Crippen molar-refractivity contribution in [3.8, 4) is 11.5 Å². The molecule has 68 valence electrons. The highest BCUT2D eigenvalue weighted by molar-refractivity contribution is 5.58. The van der Waals surface area contributed by atoms with Crippen molar-refractivity contribution < 1.29 is 19.6 Å². The van der Waals surface area contributed by atoms with E-state index in [0.29, 0.717) is 0 Å². The van der Waals surface area contributed by atoms with Crippen molar-refractivity contribution in [3.63, 3.8) is 0 Å². The van der Waals surface area contributed by atoms with Crippen molar-refractivity contribution in [1.82, 2.24) is 0 Å². The van der Waals surface area contributed by atoms with E-state index in [-0.39, 0.29) is 12.2 Å². The maximum atomic E-state index is 10.3. The molecule has 6 heteroatoms. The van der Waals surface area contributed by atoms with Gasteiger partial charge in [-0.15, -0.1) is 0 Å². The number of aromatic hydroxyl groups is 1. The number of carbonyl (C=O) groups excluding carboxylic acids is 1. The van der Waals surface area contributed by atoms with Crippen molar-refractivity contribution in [2.75, 3.05) is 0 Å². The second kappa shape index (κ2) is 3.53. The fourth-order valence-electron chi connectivity index (χ4n) is 0.805. The molecule has 0 bridgehead atoms. The highest BCUT2D eigenvalue weighted by atomic mass is 16.6. The lowest BCUT2D eigenvalue weighted by Gasteiger charge is -2.00. The number of para-hydroxylation sites is 1. The standard InChI is InChI=1S/C7H5NO5/c9-4-13-6-3-1-2-5(7(6)10)8(11)12/h1-4,10H. The molecule has 0 aliphatic carbocycles. The number of hydrogen-bond donors (Lipinski definition) is 1. The molecule has 1 aromatic rings. The van der Waals surface area contributed by atoms with Gasteiger partial charge in [-0.3, -0.25) is 14.9 Å². The Morgan fingerprint density at radius 3 is 2.77 bits per heavy atom. The Morgan fingerprint density at radius 1 is 1.54 bits per heavy atom. The van der Waals surface area contributed by atoms with Gasteiger partial charge in [0.25, 0.3) is 6.47 Å². The van der Waals surface area contributed by atoms with Crippen LogP contribution < -0.4 is 4.74 Å². The maximum Gasteiger partial charge on any atom is 0.314 e. The number of phenols is 1. The highest BCUT2D eigenvalue weighted by Crippen LogP contribution is 2.34. The smallest absolute Gasteiger partial charge is 0.314 e. The molecule has 0 aliphatic rings. The first-order valence-electron chi connectivity index (χ1n) is 3.23. The van der Waals surface area contributed by atoms with Gasteiger partial charge in [0, 0.05) is 6.07 Å². The van der Waals surface area contributed by atoms with Crippen molar-refractivity contribution >= 4 is 12.2 Å². The summed E-state index contributed by atoms with van der Waals surface area (Å²) in [4.78, 5) is 19.4. The number of hydrogen-bond acceptors (Lipinski definition) is 5. The number of nitro benzene ring substituents is 1. The molecule has 1 rings (SSSR count). The number of phenolic OH excluding ortho intramolecular Hbond substituents is 1. The Morgan fingerprint density at radius 2 is 2.23 bits per heavy atom. The lowest BCUT2D eigenvalue weighted by atomic mass is 10.3. The van der Waals surface area contributed by atoms with E-state index in [9.17, 15) is 14.9 Å². The van der Waals surface area contributed by atoms with Crippen LogP contribution in [0.25, 0.3) is 0 Å². The number of rotatable bonds is 3. The Hall–Kier alpha value is -2.11. The number of ether oxygens (including phenoxy) is 1. The minimum absolute atomic E-state index is 0.0821. The van der Waals surface area contributed by atoms with E-state index in [1.165, 1.54) is 12.1 Å². The van der Waals surface area contributed by atoms with Crippen LogP contribution in [0.5, 0.6) is 11.5 Å². The van der Waals surface area contributed by atoms with E-state index in [0.717, 1.165) is 6.07 Å². The lowest BCUT2D eigenvalue weighted by molar-refractivity contribution is -0.385. The van der Waals surface area contributed by atoms with E-state index in [1.54, 1.807) is 0 Å². The number of carbonyl (C=O) groups is 1. The number of benzene rings is 1. The SMILES string of the molecule is O=COc1cccc([N+](=O)[O-])c1O. The van der Waals surface area contributed by atoms with Crippen LogP contribution in [0.15, 0.2) is 18.2 Å². The van der Waals surface area contributed by atoms with Crippen LogP contribution in [0.3, 0.4) is 0 Å². The van der Waals surface area contributed by atoms with Gasteiger partial charge in [-0.25, -0.2) is 0 Å². The summed E-state index contributed by atoms with van der Waals surface area (Å²) in [7, 11) is 0. The fourth-order valence-corrected chi connectivity index (χ4v) is 0.805. The molecule has 0 heterocycles. The van der Waals surface area contributed by atoms with E-state index in [1.807, 2.05) is 0 Å². The molecule has 0 fully saturated rings. The Labute approximate surface area is 72.5 Å².